The second-order valence-corrected chi connectivity index (χ2v) is 7.47. The molecule has 1 unspecified atom stereocenters. The van der Waals surface area contributed by atoms with Crippen LogP contribution in [0.4, 0.5) is 15.8 Å². The van der Waals surface area contributed by atoms with Crippen LogP contribution in [0, 0.1) is 5.82 Å². The maximum Gasteiger partial charge on any atom is 0.224 e. The zero-order valence-electron chi connectivity index (χ0n) is 16.1. The van der Waals surface area contributed by atoms with Crippen molar-refractivity contribution in [2.75, 3.05) is 30.4 Å². The van der Waals surface area contributed by atoms with Crippen molar-refractivity contribution < 1.29 is 13.9 Å². The molecule has 28 heavy (non-hydrogen) atoms. The van der Waals surface area contributed by atoms with Gasteiger partial charge < -0.3 is 20.3 Å². The lowest BCUT2D eigenvalue weighted by Gasteiger charge is -2.37. The number of fused-ring (bicyclic) bond motifs is 1. The topological polar surface area (TPSA) is 53.6 Å². The molecular formula is C22H26FN3O2. The van der Waals surface area contributed by atoms with Crippen molar-refractivity contribution in [3.63, 3.8) is 0 Å². The molecule has 6 heteroatoms. The third-order valence-corrected chi connectivity index (χ3v) is 5.61. The van der Waals surface area contributed by atoms with Gasteiger partial charge in [0.1, 0.15) is 11.6 Å². The van der Waals surface area contributed by atoms with Gasteiger partial charge in [-0.05, 0) is 67.8 Å². The third kappa shape index (κ3) is 3.97. The zero-order chi connectivity index (χ0) is 19.5. The van der Waals surface area contributed by atoms with Gasteiger partial charge in [0.05, 0.1) is 7.11 Å². The molecule has 0 radical (unpaired) electrons. The quantitative estimate of drug-likeness (QED) is 0.830. The van der Waals surface area contributed by atoms with Gasteiger partial charge in [0.15, 0.2) is 0 Å². The molecule has 2 N–H and O–H groups in total. The van der Waals surface area contributed by atoms with Gasteiger partial charge in [0.2, 0.25) is 5.91 Å². The molecule has 0 saturated carbocycles. The molecule has 2 aromatic carbocycles. The molecule has 1 amide bonds. The van der Waals surface area contributed by atoms with Crippen LogP contribution >= 0.6 is 0 Å². The molecule has 2 aliphatic rings. The number of ether oxygens (including phenoxy) is 1. The molecule has 1 saturated heterocycles. The summed E-state index contributed by atoms with van der Waals surface area (Å²) in [6.45, 7) is 2.55. The number of halogens is 1. The molecule has 4 rings (SSSR count). The highest BCUT2D eigenvalue weighted by Crippen LogP contribution is 2.33. The number of aryl methyl sites for hydroxylation is 1. The fourth-order valence-electron chi connectivity index (χ4n) is 4.11. The fourth-order valence-corrected chi connectivity index (χ4v) is 4.11. The van der Waals surface area contributed by atoms with Crippen molar-refractivity contribution in [1.82, 2.24) is 5.32 Å². The average molecular weight is 383 g/mol. The van der Waals surface area contributed by atoms with Gasteiger partial charge in [-0.25, -0.2) is 4.39 Å². The molecule has 0 aromatic heterocycles. The maximum absolute atomic E-state index is 13.5. The minimum atomic E-state index is -0.237. The Balaban J connectivity index is 1.68. The van der Waals surface area contributed by atoms with Crippen LogP contribution in [0.15, 0.2) is 36.4 Å². The van der Waals surface area contributed by atoms with E-state index in [4.69, 9.17) is 4.74 Å². The summed E-state index contributed by atoms with van der Waals surface area (Å²) in [7, 11) is 1.68. The van der Waals surface area contributed by atoms with Crippen LogP contribution in [0.1, 0.15) is 30.4 Å². The van der Waals surface area contributed by atoms with Crippen LogP contribution in [0.5, 0.6) is 5.75 Å². The van der Waals surface area contributed by atoms with Crippen LogP contribution in [0.3, 0.4) is 0 Å². The van der Waals surface area contributed by atoms with Crippen LogP contribution < -0.4 is 20.3 Å². The molecule has 5 nitrogen and oxygen atoms in total. The molecule has 0 spiro atoms. The molecule has 2 aliphatic heterocycles. The van der Waals surface area contributed by atoms with Crippen molar-refractivity contribution in [2.45, 2.75) is 38.3 Å². The maximum atomic E-state index is 13.5. The van der Waals surface area contributed by atoms with Crippen molar-refractivity contribution in [1.29, 1.82) is 0 Å². The lowest BCUT2D eigenvalue weighted by atomic mass is 9.98. The lowest BCUT2D eigenvalue weighted by molar-refractivity contribution is -0.116. The summed E-state index contributed by atoms with van der Waals surface area (Å²) in [6, 6.07) is 11.0. The number of hydrogen-bond acceptors (Lipinski definition) is 4. The number of rotatable bonds is 5. The van der Waals surface area contributed by atoms with E-state index in [0.717, 1.165) is 60.6 Å². The molecule has 0 bridgehead atoms. The SMILES string of the molecule is COc1cc2c(cc1CN(c1ccc(F)cc1)C1CCCNC1)NC(=O)CC2. The Bertz CT molecular complexity index is 848. The Morgan fingerprint density at radius 3 is 2.75 bits per heavy atom. The van der Waals surface area contributed by atoms with Gasteiger partial charge in [-0.3, -0.25) is 4.79 Å². The number of piperidine rings is 1. The largest absolute Gasteiger partial charge is 0.496 e. The molecule has 1 fully saturated rings. The minimum Gasteiger partial charge on any atom is -0.496 e. The second-order valence-electron chi connectivity index (χ2n) is 7.47. The van der Waals surface area contributed by atoms with Crippen molar-refractivity contribution >= 4 is 17.3 Å². The third-order valence-electron chi connectivity index (χ3n) is 5.61. The van der Waals surface area contributed by atoms with E-state index in [0.29, 0.717) is 19.0 Å². The van der Waals surface area contributed by atoms with Gasteiger partial charge >= 0.3 is 0 Å². The number of hydrogen-bond donors (Lipinski definition) is 2. The van der Waals surface area contributed by atoms with Crippen LogP contribution in [-0.2, 0) is 17.8 Å². The van der Waals surface area contributed by atoms with Crippen LogP contribution in [-0.4, -0.2) is 32.1 Å². The first kappa shape index (κ1) is 18.7. The minimum absolute atomic E-state index is 0.0514. The highest BCUT2D eigenvalue weighted by molar-refractivity contribution is 5.94. The molecule has 0 aliphatic carbocycles. The molecular weight excluding hydrogens is 357 g/mol. The van der Waals surface area contributed by atoms with Crippen molar-refractivity contribution in [3.8, 4) is 5.75 Å². The summed E-state index contributed by atoms with van der Waals surface area (Å²) >= 11 is 0. The summed E-state index contributed by atoms with van der Waals surface area (Å²) in [4.78, 5) is 14.1. The summed E-state index contributed by atoms with van der Waals surface area (Å²) in [5, 5.41) is 6.44. The van der Waals surface area contributed by atoms with Gasteiger partial charge in [0, 0.05) is 42.5 Å². The monoisotopic (exact) mass is 383 g/mol. The van der Waals surface area contributed by atoms with Crippen molar-refractivity contribution in [3.05, 3.63) is 53.3 Å². The smallest absolute Gasteiger partial charge is 0.224 e. The number of anilines is 2. The zero-order valence-corrected chi connectivity index (χ0v) is 16.1. The molecule has 148 valence electrons. The summed E-state index contributed by atoms with van der Waals surface area (Å²) in [5.74, 6) is 0.640. The Morgan fingerprint density at radius 1 is 1.21 bits per heavy atom. The van der Waals surface area contributed by atoms with Crippen LogP contribution in [0.2, 0.25) is 0 Å². The average Bonchev–Trinajstić information content (AvgIpc) is 2.72. The van der Waals surface area contributed by atoms with Gasteiger partial charge in [-0.15, -0.1) is 0 Å². The first-order valence-electron chi connectivity index (χ1n) is 9.86. The van der Waals surface area contributed by atoms with E-state index < -0.39 is 0 Å². The Morgan fingerprint density at radius 2 is 2.04 bits per heavy atom. The fraction of sp³-hybridized carbons (Fsp3) is 0.409. The first-order chi connectivity index (χ1) is 13.6. The number of nitrogens with one attached hydrogen (secondary N) is 2. The standard InChI is InChI=1S/C22H26FN3O2/c1-28-21-12-15-4-9-22(27)25-20(15)11-16(21)14-26(19-3-2-10-24-13-19)18-7-5-17(23)6-8-18/h5-8,11-12,19,24H,2-4,9-10,13-14H2,1H3,(H,25,27). The van der Waals surface area contributed by atoms with E-state index in [1.54, 1.807) is 7.11 Å². The Kier molecular flexibility index (Phi) is 5.48. The molecule has 2 heterocycles. The van der Waals surface area contributed by atoms with Gasteiger partial charge in [0.25, 0.3) is 0 Å². The van der Waals surface area contributed by atoms with E-state index in [9.17, 15) is 9.18 Å². The van der Waals surface area contributed by atoms with Crippen molar-refractivity contribution in [2.24, 2.45) is 0 Å². The summed E-state index contributed by atoms with van der Waals surface area (Å²) < 4.78 is 19.1. The Hall–Kier alpha value is -2.60. The van der Waals surface area contributed by atoms with Crippen LogP contribution in [0.25, 0.3) is 0 Å². The number of carbonyl (C=O) groups excluding carboxylic acids is 1. The summed E-state index contributed by atoms with van der Waals surface area (Å²) in [6.07, 6.45) is 3.42. The number of amides is 1. The lowest BCUT2D eigenvalue weighted by Crippen LogP contribution is -2.46. The predicted octanol–water partition coefficient (Wildman–Crippen LogP) is 3.48. The first-order valence-corrected chi connectivity index (χ1v) is 9.86. The summed E-state index contributed by atoms with van der Waals surface area (Å²) in [5.41, 5.74) is 3.97. The highest BCUT2D eigenvalue weighted by atomic mass is 19.1. The van der Waals surface area contributed by atoms with Gasteiger partial charge in [-0.1, -0.05) is 0 Å². The highest BCUT2D eigenvalue weighted by Gasteiger charge is 2.24. The number of benzene rings is 2. The van der Waals surface area contributed by atoms with E-state index in [1.807, 2.05) is 24.3 Å². The second kappa shape index (κ2) is 8.19. The normalized spacial score (nSPS) is 18.9. The number of carbonyl (C=O) groups is 1. The predicted molar refractivity (Wildman–Crippen MR) is 108 cm³/mol. The Labute approximate surface area is 164 Å². The number of methoxy groups -OCH3 is 1. The number of nitrogens with zero attached hydrogens (tertiary/aromatic N) is 1. The van der Waals surface area contributed by atoms with Gasteiger partial charge in [-0.2, -0.15) is 0 Å². The van der Waals surface area contributed by atoms with E-state index in [2.05, 4.69) is 15.5 Å². The van der Waals surface area contributed by atoms with E-state index in [1.165, 1.54) is 12.1 Å². The molecule has 1 atom stereocenters. The van der Waals surface area contributed by atoms with E-state index >= 15 is 0 Å². The van der Waals surface area contributed by atoms with E-state index in [-0.39, 0.29) is 11.7 Å². The molecule has 2 aromatic rings.